The molecule has 3 rings (SSSR count). The van der Waals surface area contributed by atoms with E-state index in [-0.39, 0.29) is 11.5 Å². The van der Waals surface area contributed by atoms with E-state index in [1.54, 1.807) is 6.07 Å². The maximum Gasteiger partial charge on any atom is 0.308 e. The van der Waals surface area contributed by atoms with Crippen molar-refractivity contribution in [1.29, 1.82) is 0 Å². The van der Waals surface area contributed by atoms with Gasteiger partial charge in [-0.15, -0.1) is 0 Å². The highest BCUT2D eigenvalue weighted by Crippen LogP contribution is 2.35. The van der Waals surface area contributed by atoms with Gasteiger partial charge in [0.05, 0.1) is 5.52 Å². The maximum atomic E-state index is 11.4. The van der Waals surface area contributed by atoms with E-state index in [2.05, 4.69) is 15.3 Å². The van der Waals surface area contributed by atoms with Crippen LogP contribution in [0.2, 0.25) is 0 Å². The molecule has 3 aromatic rings. The standard InChI is InChI=1S/C18H15N3O4/c1-11(22)24-16-8-14-15(9-17(16)25-12(2)23)19-10-20-18(14)21-13-6-4-3-5-7-13/h3-10H,1-2H3,(H,19,20,21). The molecule has 0 aliphatic rings. The van der Waals surface area contributed by atoms with Gasteiger partial charge in [0.25, 0.3) is 0 Å². The molecule has 0 fully saturated rings. The molecule has 1 aromatic heterocycles. The van der Waals surface area contributed by atoms with Crippen LogP contribution in [0.3, 0.4) is 0 Å². The van der Waals surface area contributed by atoms with Crippen molar-refractivity contribution in [2.45, 2.75) is 13.8 Å². The molecule has 0 aliphatic carbocycles. The zero-order valence-corrected chi connectivity index (χ0v) is 13.6. The number of nitrogens with one attached hydrogen (secondary N) is 1. The van der Waals surface area contributed by atoms with Gasteiger partial charge in [0.2, 0.25) is 0 Å². The van der Waals surface area contributed by atoms with Gasteiger partial charge in [-0.3, -0.25) is 9.59 Å². The van der Waals surface area contributed by atoms with Crippen molar-refractivity contribution in [3.05, 3.63) is 48.8 Å². The van der Waals surface area contributed by atoms with Gasteiger partial charge in [0.15, 0.2) is 11.5 Å². The van der Waals surface area contributed by atoms with E-state index in [1.165, 1.54) is 26.2 Å². The normalized spacial score (nSPS) is 10.3. The highest BCUT2D eigenvalue weighted by molar-refractivity contribution is 5.94. The summed E-state index contributed by atoms with van der Waals surface area (Å²) in [6.07, 6.45) is 1.40. The third-order valence-corrected chi connectivity index (χ3v) is 3.24. The highest BCUT2D eigenvalue weighted by Gasteiger charge is 2.15. The second-order valence-electron chi connectivity index (χ2n) is 5.22. The molecule has 0 radical (unpaired) electrons. The summed E-state index contributed by atoms with van der Waals surface area (Å²) in [5.74, 6) is -0.258. The van der Waals surface area contributed by atoms with Crippen LogP contribution < -0.4 is 14.8 Å². The number of fused-ring (bicyclic) bond motifs is 1. The fourth-order valence-electron chi connectivity index (χ4n) is 2.29. The van der Waals surface area contributed by atoms with Crippen LogP contribution in [0.1, 0.15) is 13.8 Å². The fraction of sp³-hybridized carbons (Fsp3) is 0.111. The zero-order chi connectivity index (χ0) is 17.8. The number of benzene rings is 2. The van der Waals surface area contributed by atoms with Crippen molar-refractivity contribution in [2.75, 3.05) is 5.32 Å². The number of aromatic nitrogens is 2. The van der Waals surface area contributed by atoms with Crippen molar-refractivity contribution in [3.63, 3.8) is 0 Å². The molecule has 1 heterocycles. The van der Waals surface area contributed by atoms with Gasteiger partial charge in [-0.2, -0.15) is 0 Å². The van der Waals surface area contributed by atoms with Crippen LogP contribution in [0.4, 0.5) is 11.5 Å². The molecule has 7 nitrogen and oxygen atoms in total. The topological polar surface area (TPSA) is 90.4 Å². The Morgan fingerprint density at radius 2 is 1.56 bits per heavy atom. The third kappa shape index (κ3) is 3.89. The van der Waals surface area contributed by atoms with E-state index in [0.29, 0.717) is 16.7 Å². The molecule has 7 heteroatoms. The molecule has 0 bridgehead atoms. The van der Waals surface area contributed by atoms with Gasteiger partial charge < -0.3 is 14.8 Å². The Labute approximate surface area is 143 Å². The summed E-state index contributed by atoms with van der Waals surface area (Å²) >= 11 is 0. The number of esters is 2. The molecule has 25 heavy (non-hydrogen) atoms. The first-order chi connectivity index (χ1) is 12.0. The van der Waals surface area contributed by atoms with Crippen LogP contribution in [0.15, 0.2) is 48.8 Å². The molecule has 0 spiro atoms. The van der Waals surface area contributed by atoms with Crippen LogP contribution in [0.25, 0.3) is 10.9 Å². The van der Waals surface area contributed by atoms with Crippen molar-refractivity contribution < 1.29 is 19.1 Å². The van der Waals surface area contributed by atoms with E-state index < -0.39 is 11.9 Å². The average Bonchev–Trinajstić information content (AvgIpc) is 2.56. The first-order valence-corrected chi connectivity index (χ1v) is 7.50. The number of carbonyl (C=O) groups is 2. The summed E-state index contributed by atoms with van der Waals surface area (Å²) in [5.41, 5.74) is 1.39. The predicted octanol–water partition coefficient (Wildman–Crippen LogP) is 3.22. The largest absolute Gasteiger partial charge is 0.423 e. The Morgan fingerprint density at radius 3 is 2.20 bits per heavy atom. The predicted molar refractivity (Wildman–Crippen MR) is 91.9 cm³/mol. The Morgan fingerprint density at radius 1 is 0.920 bits per heavy atom. The molecular weight excluding hydrogens is 322 g/mol. The SMILES string of the molecule is CC(=O)Oc1cc2ncnc(Nc3ccccc3)c2cc1OC(C)=O. The minimum atomic E-state index is -0.526. The first-order valence-electron chi connectivity index (χ1n) is 7.50. The Balaban J connectivity index is 2.10. The lowest BCUT2D eigenvalue weighted by Gasteiger charge is -2.12. The van der Waals surface area contributed by atoms with E-state index in [4.69, 9.17) is 9.47 Å². The van der Waals surface area contributed by atoms with Gasteiger partial charge >= 0.3 is 11.9 Å². The Bertz CT molecular complexity index is 942. The van der Waals surface area contributed by atoms with Crippen molar-refractivity contribution in [1.82, 2.24) is 9.97 Å². The number of hydrogen-bond donors (Lipinski definition) is 1. The average molecular weight is 337 g/mol. The van der Waals surface area contributed by atoms with Gasteiger partial charge in [-0.1, -0.05) is 18.2 Å². The highest BCUT2D eigenvalue weighted by atomic mass is 16.6. The van der Waals surface area contributed by atoms with Crippen molar-refractivity contribution in [2.24, 2.45) is 0 Å². The molecule has 1 N–H and O–H groups in total. The van der Waals surface area contributed by atoms with E-state index >= 15 is 0 Å². The van der Waals surface area contributed by atoms with E-state index in [9.17, 15) is 9.59 Å². The quantitative estimate of drug-likeness (QED) is 0.577. The summed E-state index contributed by atoms with van der Waals surface area (Å²) in [5, 5.41) is 3.81. The van der Waals surface area contributed by atoms with Gasteiger partial charge in [-0.05, 0) is 18.2 Å². The molecule has 0 saturated heterocycles. The Kier molecular flexibility index (Phi) is 4.56. The third-order valence-electron chi connectivity index (χ3n) is 3.24. The van der Waals surface area contributed by atoms with Crippen LogP contribution in [0, 0.1) is 0 Å². The molecule has 2 aromatic carbocycles. The van der Waals surface area contributed by atoms with Gasteiger partial charge in [-0.25, -0.2) is 9.97 Å². The molecule has 0 atom stereocenters. The van der Waals surface area contributed by atoms with Crippen LogP contribution in [-0.4, -0.2) is 21.9 Å². The van der Waals surface area contributed by atoms with Crippen molar-refractivity contribution in [3.8, 4) is 11.5 Å². The number of carbonyl (C=O) groups excluding carboxylic acids is 2. The Hall–Kier alpha value is -3.48. The van der Waals surface area contributed by atoms with Crippen LogP contribution >= 0.6 is 0 Å². The number of para-hydroxylation sites is 1. The lowest BCUT2D eigenvalue weighted by atomic mass is 10.2. The molecule has 0 aliphatic heterocycles. The van der Waals surface area contributed by atoms with Gasteiger partial charge in [0, 0.05) is 31.0 Å². The monoisotopic (exact) mass is 337 g/mol. The summed E-state index contributed by atoms with van der Waals surface area (Å²) in [6, 6.07) is 12.6. The van der Waals surface area contributed by atoms with E-state index in [0.717, 1.165) is 5.69 Å². The minimum absolute atomic E-state index is 0.125. The summed E-state index contributed by atoms with van der Waals surface area (Å²) < 4.78 is 10.3. The fourth-order valence-corrected chi connectivity index (χ4v) is 2.29. The first kappa shape index (κ1) is 16.4. The molecule has 0 amide bonds. The number of ether oxygens (including phenoxy) is 2. The second-order valence-corrected chi connectivity index (χ2v) is 5.22. The van der Waals surface area contributed by atoms with Gasteiger partial charge in [0.1, 0.15) is 12.1 Å². The van der Waals surface area contributed by atoms with Crippen LogP contribution in [0.5, 0.6) is 11.5 Å². The molecule has 0 unspecified atom stereocenters. The minimum Gasteiger partial charge on any atom is -0.423 e. The summed E-state index contributed by atoms with van der Waals surface area (Å²) in [4.78, 5) is 31.1. The smallest absolute Gasteiger partial charge is 0.308 e. The summed E-state index contributed by atoms with van der Waals surface area (Å²) in [7, 11) is 0. The van der Waals surface area contributed by atoms with Crippen molar-refractivity contribution >= 4 is 34.3 Å². The molecule has 126 valence electrons. The molecule has 0 saturated carbocycles. The number of nitrogens with zero attached hydrogens (tertiary/aromatic N) is 2. The second kappa shape index (κ2) is 6.96. The summed E-state index contributed by atoms with van der Waals surface area (Å²) in [6.45, 7) is 2.54. The number of hydrogen-bond acceptors (Lipinski definition) is 7. The lowest BCUT2D eigenvalue weighted by molar-refractivity contribution is -0.134. The number of anilines is 2. The van der Waals surface area contributed by atoms with Crippen LogP contribution in [-0.2, 0) is 9.59 Å². The zero-order valence-electron chi connectivity index (χ0n) is 13.6. The lowest BCUT2D eigenvalue weighted by Crippen LogP contribution is -2.07. The molecular formula is C18H15N3O4. The number of rotatable bonds is 4. The maximum absolute atomic E-state index is 11.4. The van der Waals surface area contributed by atoms with E-state index in [1.807, 2.05) is 30.3 Å².